The van der Waals surface area contributed by atoms with Crippen molar-refractivity contribution in [2.24, 2.45) is 5.10 Å². The molecule has 6 nitrogen and oxygen atoms in total. The van der Waals surface area contributed by atoms with Crippen LogP contribution in [0.5, 0.6) is 5.75 Å². The van der Waals surface area contributed by atoms with Gasteiger partial charge in [-0.25, -0.2) is 5.01 Å². The molecule has 0 aromatic heterocycles. The number of halogens is 1. The molecule has 29 heavy (non-hydrogen) atoms. The van der Waals surface area contributed by atoms with Crippen LogP contribution in [0.3, 0.4) is 0 Å². The number of hydrogen-bond acceptors (Lipinski definition) is 5. The number of nitrogens with zero attached hydrogens (tertiary/aromatic N) is 3. The van der Waals surface area contributed by atoms with Crippen LogP contribution in [0.2, 0.25) is 5.02 Å². The molecule has 0 aliphatic carbocycles. The number of benzene rings is 2. The van der Waals surface area contributed by atoms with Gasteiger partial charge in [-0.1, -0.05) is 41.9 Å². The molecule has 4 rings (SSSR count). The first-order valence-electron chi connectivity index (χ1n) is 9.74. The molecular weight excluding hydrogens is 390 g/mol. The van der Waals surface area contributed by atoms with Gasteiger partial charge in [0.15, 0.2) is 0 Å². The van der Waals surface area contributed by atoms with Gasteiger partial charge in [0.25, 0.3) is 5.91 Å². The van der Waals surface area contributed by atoms with E-state index in [0.29, 0.717) is 31.2 Å². The Labute approximate surface area is 175 Å². The first-order chi connectivity index (χ1) is 14.2. The van der Waals surface area contributed by atoms with Crippen LogP contribution in [-0.2, 0) is 9.53 Å². The van der Waals surface area contributed by atoms with E-state index >= 15 is 0 Å². The number of hydrazone groups is 1. The zero-order valence-corrected chi connectivity index (χ0v) is 17.1. The second-order valence-electron chi connectivity index (χ2n) is 7.15. The zero-order valence-electron chi connectivity index (χ0n) is 16.4. The Kier molecular flexibility index (Phi) is 6.13. The number of carbonyl (C=O) groups excluding carboxylic acids is 1. The number of rotatable bonds is 5. The van der Waals surface area contributed by atoms with E-state index in [1.165, 1.54) is 0 Å². The average Bonchev–Trinajstić information content (AvgIpc) is 3.20. The smallest absolute Gasteiger partial charge is 0.257 e. The molecule has 1 amide bonds. The molecule has 0 spiro atoms. The topological polar surface area (TPSA) is 54.4 Å². The van der Waals surface area contributed by atoms with E-state index in [2.05, 4.69) is 4.90 Å². The van der Waals surface area contributed by atoms with Crippen LogP contribution < -0.4 is 4.74 Å². The van der Waals surface area contributed by atoms with Gasteiger partial charge < -0.3 is 9.47 Å². The molecule has 152 valence electrons. The van der Waals surface area contributed by atoms with Crippen LogP contribution in [0.15, 0.2) is 53.6 Å². The molecule has 2 aliphatic heterocycles. The number of ether oxygens (including phenoxy) is 2. The van der Waals surface area contributed by atoms with Crippen LogP contribution in [0, 0.1) is 0 Å². The first-order valence-corrected chi connectivity index (χ1v) is 10.1. The molecule has 0 saturated carbocycles. The summed E-state index contributed by atoms with van der Waals surface area (Å²) in [5, 5.41) is 6.97. The van der Waals surface area contributed by atoms with E-state index in [1.54, 1.807) is 12.1 Å². The fourth-order valence-corrected chi connectivity index (χ4v) is 3.99. The van der Waals surface area contributed by atoms with E-state index in [4.69, 9.17) is 26.2 Å². The standard InChI is InChI=1S/C22H24ClN3O3/c1-28-17-6-4-5-16(13-17)20-14-21(18-7-2-3-8-19(18)23)26(24-20)22(27)15-25-9-11-29-12-10-25/h2-8,13,21H,9-12,14-15H2,1H3/t21-/m0/s1. The Hall–Kier alpha value is -2.41. The van der Waals surface area contributed by atoms with E-state index < -0.39 is 0 Å². The lowest BCUT2D eigenvalue weighted by molar-refractivity contribution is -0.135. The fraction of sp³-hybridized carbons (Fsp3) is 0.364. The van der Waals surface area contributed by atoms with Gasteiger partial charge in [-0.05, 0) is 23.8 Å². The normalized spacial score (nSPS) is 19.9. The quantitative estimate of drug-likeness (QED) is 0.754. The monoisotopic (exact) mass is 413 g/mol. The summed E-state index contributed by atoms with van der Waals surface area (Å²) in [5.74, 6) is 0.729. The second-order valence-corrected chi connectivity index (χ2v) is 7.55. The van der Waals surface area contributed by atoms with Crippen molar-refractivity contribution in [1.29, 1.82) is 0 Å². The summed E-state index contributed by atoms with van der Waals surface area (Å²) in [7, 11) is 1.64. The van der Waals surface area contributed by atoms with Crippen LogP contribution in [0.25, 0.3) is 0 Å². The Morgan fingerprint density at radius 3 is 2.76 bits per heavy atom. The van der Waals surface area contributed by atoms with Gasteiger partial charge in [0.05, 0.1) is 38.6 Å². The lowest BCUT2D eigenvalue weighted by Crippen LogP contribution is -2.43. The van der Waals surface area contributed by atoms with E-state index in [0.717, 1.165) is 35.7 Å². The summed E-state index contributed by atoms with van der Waals surface area (Å²) >= 11 is 6.47. The van der Waals surface area contributed by atoms with Crippen LogP contribution in [0.1, 0.15) is 23.6 Å². The van der Waals surface area contributed by atoms with Gasteiger partial charge in [0, 0.05) is 30.1 Å². The molecule has 2 heterocycles. The summed E-state index contributed by atoms with van der Waals surface area (Å²) < 4.78 is 10.7. The SMILES string of the molecule is COc1cccc(C2=NN(C(=O)CN3CCOCC3)[C@H](c3ccccc3Cl)C2)c1. The molecular formula is C22H24ClN3O3. The maximum Gasteiger partial charge on any atom is 0.257 e. The molecule has 1 saturated heterocycles. The molecule has 7 heteroatoms. The van der Waals surface area contributed by atoms with Gasteiger partial charge >= 0.3 is 0 Å². The highest BCUT2D eigenvalue weighted by Crippen LogP contribution is 2.36. The Morgan fingerprint density at radius 1 is 1.21 bits per heavy atom. The summed E-state index contributed by atoms with van der Waals surface area (Å²) in [6.07, 6.45) is 0.603. The minimum atomic E-state index is -0.224. The van der Waals surface area contributed by atoms with Gasteiger partial charge in [0.2, 0.25) is 0 Å². The minimum Gasteiger partial charge on any atom is -0.497 e. The van der Waals surface area contributed by atoms with Crippen molar-refractivity contribution >= 4 is 23.2 Å². The molecule has 0 bridgehead atoms. The van der Waals surface area contributed by atoms with Crippen molar-refractivity contribution in [3.63, 3.8) is 0 Å². The first kappa shape index (κ1) is 19.9. The summed E-state index contributed by atoms with van der Waals surface area (Å²) in [6.45, 7) is 3.13. The molecule has 2 aromatic rings. The van der Waals surface area contributed by atoms with Crippen molar-refractivity contribution in [2.45, 2.75) is 12.5 Å². The van der Waals surface area contributed by atoms with Crippen LogP contribution in [0.4, 0.5) is 0 Å². The minimum absolute atomic E-state index is 0.0327. The van der Waals surface area contributed by atoms with Crippen LogP contribution >= 0.6 is 11.6 Å². The molecule has 0 radical (unpaired) electrons. The van der Waals surface area contributed by atoms with E-state index in [1.807, 2.05) is 48.5 Å². The van der Waals surface area contributed by atoms with Crippen LogP contribution in [-0.4, -0.2) is 61.5 Å². The number of hydrogen-bond donors (Lipinski definition) is 0. The van der Waals surface area contributed by atoms with E-state index in [9.17, 15) is 4.79 Å². The van der Waals surface area contributed by atoms with Crippen molar-refractivity contribution in [2.75, 3.05) is 40.0 Å². The van der Waals surface area contributed by atoms with Gasteiger partial charge in [-0.3, -0.25) is 9.69 Å². The van der Waals surface area contributed by atoms with Gasteiger partial charge in [0.1, 0.15) is 5.75 Å². The third-order valence-corrected chi connectivity index (χ3v) is 5.64. The van der Waals surface area contributed by atoms with Crippen molar-refractivity contribution in [1.82, 2.24) is 9.91 Å². The maximum absolute atomic E-state index is 13.2. The highest BCUT2D eigenvalue weighted by molar-refractivity contribution is 6.31. The predicted octanol–water partition coefficient (Wildman–Crippen LogP) is 3.36. The number of carbonyl (C=O) groups is 1. The lowest BCUT2D eigenvalue weighted by atomic mass is 9.98. The van der Waals surface area contributed by atoms with Gasteiger partial charge in [-0.15, -0.1) is 0 Å². The fourth-order valence-electron chi connectivity index (χ4n) is 3.73. The van der Waals surface area contributed by atoms with Crippen molar-refractivity contribution in [3.05, 3.63) is 64.7 Å². The largest absolute Gasteiger partial charge is 0.497 e. The highest BCUT2D eigenvalue weighted by Gasteiger charge is 2.35. The van der Waals surface area contributed by atoms with Crippen molar-refractivity contribution < 1.29 is 14.3 Å². The number of amides is 1. The molecule has 2 aromatic carbocycles. The zero-order chi connectivity index (χ0) is 20.2. The summed E-state index contributed by atoms with van der Waals surface area (Å²) in [5.41, 5.74) is 2.71. The molecule has 0 unspecified atom stereocenters. The summed E-state index contributed by atoms with van der Waals surface area (Å²) in [4.78, 5) is 15.3. The Bertz CT molecular complexity index is 912. The molecule has 1 fully saturated rings. The van der Waals surface area contributed by atoms with E-state index in [-0.39, 0.29) is 11.9 Å². The van der Waals surface area contributed by atoms with Crippen molar-refractivity contribution in [3.8, 4) is 5.75 Å². The van der Waals surface area contributed by atoms with Gasteiger partial charge in [-0.2, -0.15) is 5.10 Å². The Balaban J connectivity index is 1.63. The third-order valence-electron chi connectivity index (χ3n) is 5.30. The second kappa shape index (κ2) is 8.95. The molecule has 1 atom stereocenters. The molecule has 2 aliphatic rings. The average molecular weight is 414 g/mol. The number of methoxy groups -OCH3 is 1. The molecule has 0 N–H and O–H groups in total. The highest BCUT2D eigenvalue weighted by atomic mass is 35.5. The lowest BCUT2D eigenvalue weighted by Gasteiger charge is -2.29. The third kappa shape index (κ3) is 4.45. The maximum atomic E-state index is 13.2. The Morgan fingerprint density at radius 2 is 2.00 bits per heavy atom. The summed E-state index contributed by atoms with van der Waals surface area (Å²) in [6, 6.07) is 15.2. The number of morpholine rings is 1. The predicted molar refractivity (Wildman–Crippen MR) is 112 cm³/mol.